The number of hydrogen-bond acceptors (Lipinski definition) is 5. The summed E-state index contributed by atoms with van der Waals surface area (Å²) < 4.78 is 2.05. The molecule has 0 bridgehead atoms. The maximum atomic E-state index is 4.74. The number of unbranched alkanes of at least 4 members (excludes halogenated alkanes) is 1. The third kappa shape index (κ3) is 4.01. The summed E-state index contributed by atoms with van der Waals surface area (Å²) >= 11 is 1.63. The summed E-state index contributed by atoms with van der Waals surface area (Å²) in [6, 6.07) is 4.07. The minimum absolute atomic E-state index is 0.742. The fourth-order valence-corrected chi connectivity index (χ4v) is 3.01. The van der Waals surface area contributed by atoms with Gasteiger partial charge >= 0.3 is 0 Å². The van der Waals surface area contributed by atoms with Crippen LogP contribution in [-0.4, -0.2) is 24.7 Å². The molecule has 120 valence electrons. The smallest absolute Gasteiger partial charge is 0.200 e. The molecule has 3 heterocycles. The first-order valence-electron chi connectivity index (χ1n) is 8.01. The van der Waals surface area contributed by atoms with Crippen molar-refractivity contribution in [3.05, 3.63) is 46.3 Å². The lowest BCUT2D eigenvalue weighted by atomic mass is 10.1. The molecule has 0 unspecified atom stereocenters. The summed E-state index contributed by atoms with van der Waals surface area (Å²) in [5.74, 6) is 1.77. The van der Waals surface area contributed by atoms with Gasteiger partial charge in [-0.05, 0) is 31.4 Å². The minimum Gasteiger partial charge on any atom is -0.264 e. The number of aromatic nitrogens is 5. The summed E-state index contributed by atoms with van der Waals surface area (Å²) in [6.45, 7) is 5.11. The van der Waals surface area contributed by atoms with Crippen molar-refractivity contribution >= 4 is 11.3 Å². The largest absolute Gasteiger partial charge is 0.264 e. The van der Waals surface area contributed by atoms with Gasteiger partial charge in [0.15, 0.2) is 0 Å². The number of rotatable bonds is 7. The molecule has 3 aromatic heterocycles. The second kappa shape index (κ2) is 7.46. The van der Waals surface area contributed by atoms with Crippen LogP contribution in [0.2, 0.25) is 0 Å². The lowest BCUT2D eigenvalue weighted by molar-refractivity contribution is 0.543. The molecular weight excluding hydrogens is 306 g/mol. The fraction of sp³-hybridized carbons (Fsp3) is 0.412. The quantitative estimate of drug-likeness (QED) is 0.664. The normalized spacial score (nSPS) is 11.0. The Morgan fingerprint density at radius 2 is 2.13 bits per heavy atom. The van der Waals surface area contributed by atoms with E-state index in [1.54, 1.807) is 17.5 Å². The summed E-state index contributed by atoms with van der Waals surface area (Å²) in [5, 5.41) is 7.75. The van der Waals surface area contributed by atoms with Crippen molar-refractivity contribution < 1.29 is 0 Å². The van der Waals surface area contributed by atoms with Gasteiger partial charge in [0.05, 0.1) is 5.01 Å². The first kappa shape index (κ1) is 15.8. The SMILES string of the molecule is CCCCn1nc(-c2csc(C)n2)nc1CCc1cccnc1. The molecule has 6 heteroatoms. The van der Waals surface area contributed by atoms with E-state index in [0.717, 1.165) is 54.6 Å². The first-order valence-corrected chi connectivity index (χ1v) is 8.89. The minimum atomic E-state index is 0.742. The van der Waals surface area contributed by atoms with Gasteiger partial charge in [0.2, 0.25) is 5.82 Å². The Hall–Kier alpha value is -2.08. The third-order valence-corrected chi connectivity index (χ3v) is 4.45. The van der Waals surface area contributed by atoms with E-state index >= 15 is 0 Å². The highest BCUT2D eigenvalue weighted by atomic mass is 32.1. The van der Waals surface area contributed by atoms with Crippen LogP contribution in [0.4, 0.5) is 0 Å². The molecule has 3 rings (SSSR count). The predicted octanol–water partition coefficient (Wildman–Crippen LogP) is 3.69. The summed E-state index contributed by atoms with van der Waals surface area (Å²) in [7, 11) is 0. The zero-order valence-electron chi connectivity index (χ0n) is 13.6. The van der Waals surface area contributed by atoms with E-state index in [-0.39, 0.29) is 0 Å². The molecule has 0 saturated heterocycles. The molecule has 5 nitrogen and oxygen atoms in total. The van der Waals surface area contributed by atoms with E-state index in [2.05, 4.69) is 28.1 Å². The van der Waals surface area contributed by atoms with Gasteiger partial charge in [-0.25, -0.2) is 14.6 Å². The van der Waals surface area contributed by atoms with Crippen LogP contribution < -0.4 is 0 Å². The zero-order chi connectivity index (χ0) is 16.1. The van der Waals surface area contributed by atoms with Crippen molar-refractivity contribution in [1.29, 1.82) is 0 Å². The van der Waals surface area contributed by atoms with Gasteiger partial charge in [-0.3, -0.25) is 4.98 Å². The number of hydrogen-bond donors (Lipinski definition) is 0. The second-order valence-electron chi connectivity index (χ2n) is 5.54. The first-order chi connectivity index (χ1) is 11.3. The lowest BCUT2D eigenvalue weighted by Crippen LogP contribution is -2.07. The summed E-state index contributed by atoms with van der Waals surface area (Å²) in [6.07, 6.45) is 7.76. The standard InChI is InChI=1S/C17H21N5S/c1-3-4-10-22-16(8-7-14-6-5-9-18-11-14)20-17(21-22)15-12-23-13(2)19-15/h5-6,9,11-12H,3-4,7-8,10H2,1-2H3. The topological polar surface area (TPSA) is 56.5 Å². The van der Waals surface area contributed by atoms with E-state index in [0.29, 0.717) is 0 Å². The molecular formula is C17H21N5S. The van der Waals surface area contributed by atoms with E-state index < -0.39 is 0 Å². The van der Waals surface area contributed by atoms with E-state index in [1.165, 1.54) is 5.56 Å². The Bertz CT molecular complexity index is 747. The maximum absolute atomic E-state index is 4.74. The Balaban J connectivity index is 1.80. The monoisotopic (exact) mass is 327 g/mol. The second-order valence-corrected chi connectivity index (χ2v) is 6.60. The van der Waals surface area contributed by atoms with Crippen LogP contribution in [0.5, 0.6) is 0 Å². The summed E-state index contributed by atoms with van der Waals surface area (Å²) in [5.41, 5.74) is 2.11. The van der Waals surface area contributed by atoms with E-state index in [9.17, 15) is 0 Å². The van der Waals surface area contributed by atoms with Gasteiger partial charge < -0.3 is 0 Å². The van der Waals surface area contributed by atoms with Gasteiger partial charge in [0, 0.05) is 30.7 Å². The van der Waals surface area contributed by atoms with E-state index in [1.807, 2.05) is 29.2 Å². The van der Waals surface area contributed by atoms with Crippen molar-refractivity contribution in [2.75, 3.05) is 0 Å². The molecule has 0 spiro atoms. The van der Waals surface area contributed by atoms with Gasteiger partial charge in [-0.15, -0.1) is 16.4 Å². The number of nitrogens with zero attached hydrogens (tertiary/aromatic N) is 5. The van der Waals surface area contributed by atoms with Crippen LogP contribution in [0.25, 0.3) is 11.5 Å². The number of aryl methyl sites for hydroxylation is 4. The van der Waals surface area contributed by atoms with Crippen LogP contribution in [0.15, 0.2) is 29.9 Å². The lowest BCUT2D eigenvalue weighted by Gasteiger charge is -2.04. The molecule has 0 aliphatic carbocycles. The zero-order valence-corrected chi connectivity index (χ0v) is 14.4. The average Bonchev–Trinajstić information content (AvgIpc) is 3.18. The van der Waals surface area contributed by atoms with Crippen LogP contribution in [-0.2, 0) is 19.4 Å². The highest BCUT2D eigenvalue weighted by molar-refractivity contribution is 7.09. The molecule has 0 saturated carbocycles. The average molecular weight is 327 g/mol. The third-order valence-electron chi connectivity index (χ3n) is 3.68. The molecule has 0 fully saturated rings. The van der Waals surface area contributed by atoms with Gasteiger partial charge in [0.25, 0.3) is 0 Å². The molecule has 0 aliphatic heterocycles. The van der Waals surface area contributed by atoms with E-state index in [4.69, 9.17) is 4.98 Å². The van der Waals surface area contributed by atoms with Gasteiger partial charge in [-0.2, -0.15) is 0 Å². The molecule has 0 atom stereocenters. The molecule has 0 aromatic carbocycles. The Kier molecular flexibility index (Phi) is 5.12. The van der Waals surface area contributed by atoms with Crippen LogP contribution in [0.1, 0.15) is 36.2 Å². The van der Waals surface area contributed by atoms with Crippen molar-refractivity contribution in [3.8, 4) is 11.5 Å². The van der Waals surface area contributed by atoms with Gasteiger partial charge in [0.1, 0.15) is 11.5 Å². The molecule has 3 aromatic rings. The molecule has 23 heavy (non-hydrogen) atoms. The van der Waals surface area contributed by atoms with Gasteiger partial charge in [-0.1, -0.05) is 19.4 Å². The predicted molar refractivity (Wildman–Crippen MR) is 92.4 cm³/mol. The Labute approximate surface area is 140 Å². The summed E-state index contributed by atoms with van der Waals surface area (Å²) in [4.78, 5) is 13.4. The molecule has 0 N–H and O–H groups in total. The van der Waals surface area contributed by atoms with Crippen LogP contribution in [0, 0.1) is 6.92 Å². The van der Waals surface area contributed by atoms with Crippen molar-refractivity contribution in [1.82, 2.24) is 24.7 Å². The Morgan fingerprint density at radius 3 is 2.83 bits per heavy atom. The van der Waals surface area contributed by atoms with Crippen molar-refractivity contribution in [2.24, 2.45) is 0 Å². The van der Waals surface area contributed by atoms with Crippen molar-refractivity contribution in [2.45, 2.75) is 46.1 Å². The highest BCUT2D eigenvalue weighted by Crippen LogP contribution is 2.19. The van der Waals surface area contributed by atoms with Crippen molar-refractivity contribution in [3.63, 3.8) is 0 Å². The highest BCUT2D eigenvalue weighted by Gasteiger charge is 2.13. The molecule has 0 radical (unpaired) electrons. The maximum Gasteiger partial charge on any atom is 0.200 e. The van der Waals surface area contributed by atoms with Crippen LogP contribution >= 0.6 is 11.3 Å². The Morgan fingerprint density at radius 1 is 1.22 bits per heavy atom. The fourth-order valence-electron chi connectivity index (χ4n) is 2.42. The number of thiazole rings is 1. The molecule has 0 aliphatic rings. The number of pyridine rings is 1. The molecule has 0 amide bonds. The van der Waals surface area contributed by atoms with Crippen LogP contribution in [0.3, 0.4) is 0 Å².